The fourth-order valence-corrected chi connectivity index (χ4v) is 9.84. The Balaban J connectivity index is 1.56. The second-order valence-electron chi connectivity index (χ2n) is 12.2. The quantitative estimate of drug-likeness (QED) is 0.445. The monoisotopic (exact) mass is 328 g/mol. The zero-order valence-electron chi connectivity index (χ0n) is 17.2. The van der Waals surface area contributed by atoms with Crippen LogP contribution in [0.2, 0.25) is 0 Å². The van der Waals surface area contributed by atoms with Crippen LogP contribution in [0.1, 0.15) is 99.3 Å². The Bertz CT molecular complexity index is 575. The molecule has 0 amide bonds. The zero-order valence-corrected chi connectivity index (χ0v) is 17.2. The first-order chi connectivity index (χ1) is 11.1. The van der Waals surface area contributed by atoms with Crippen molar-refractivity contribution in [1.82, 2.24) is 0 Å². The van der Waals surface area contributed by atoms with E-state index in [-0.39, 0.29) is 0 Å². The maximum absolute atomic E-state index is 2.74. The number of hydrogen-bond acceptors (Lipinski definition) is 0. The predicted octanol–water partition coefficient (Wildman–Crippen LogP) is 7.08. The summed E-state index contributed by atoms with van der Waals surface area (Å²) in [7, 11) is 0. The Kier molecular flexibility index (Phi) is 2.89. The Morgan fingerprint density at radius 2 is 1.21 bits per heavy atom. The summed E-state index contributed by atoms with van der Waals surface area (Å²) in [6.45, 7) is 15.8. The van der Waals surface area contributed by atoms with Gasteiger partial charge in [0.2, 0.25) is 0 Å². The molecular formula is C24H40. The van der Waals surface area contributed by atoms with Crippen molar-refractivity contribution >= 4 is 0 Å². The molecule has 5 aliphatic carbocycles. The van der Waals surface area contributed by atoms with Crippen molar-refractivity contribution in [2.45, 2.75) is 99.3 Å². The largest absolute Gasteiger partial charge is 0.0620 e. The van der Waals surface area contributed by atoms with E-state index in [1.165, 1.54) is 25.7 Å². The van der Waals surface area contributed by atoms with Crippen molar-refractivity contribution in [3.63, 3.8) is 0 Å². The summed E-state index contributed by atoms with van der Waals surface area (Å²) in [5.41, 5.74) is 3.40. The summed E-state index contributed by atoms with van der Waals surface area (Å²) in [4.78, 5) is 0. The summed E-state index contributed by atoms with van der Waals surface area (Å²) in [5.74, 6) is 3.96. The van der Waals surface area contributed by atoms with Crippen LogP contribution in [0.15, 0.2) is 0 Å². The lowest BCUT2D eigenvalue weighted by molar-refractivity contribution is -0.144. The molecule has 136 valence electrons. The predicted molar refractivity (Wildman–Crippen MR) is 102 cm³/mol. The summed E-state index contributed by atoms with van der Waals surface area (Å²) in [6.07, 6.45) is 13.9. The van der Waals surface area contributed by atoms with Gasteiger partial charge in [0.15, 0.2) is 0 Å². The van der Waals surface area contributed by atoms with Crippen LogP contribution >= 0.6 is 0 Å². The average Bonchev–Trinajstić information content (AvgIpc) is 3.14. The fraction of sp³-hybridized carbons (Fsp3) is 1.00. The third-order valence-corrected chi connectivity index (χ3v) is 12.1. The van der Waals surface area contributed by atoms with Gasteiger partial charge >= 0.3 is 0 Å². The highest BCUT2D eigenvalue weighted by atomic mass is 14.9. The number of hydrogen-bond donors (Lipinski definition) is 0. The molecule has 0 radical (unpaired) electrons. The van der Waals surface area contributed by atoms with E-state index in [1.807, 2.05) is 0 Å². The lowest BCUT2D eigenvalue weighted by Crippen LogP contribution is -2.56. The molecule has 8 unspecified atom stereocenters. The Morgan fingerprint density at radius 3 is 1.96 bits per heavy atom. The second-order valence-corrected chi connectivity index (χ2v) is 12.2. The van der Waals surface area contributed by atoms with Crippen molar-refractivity contribution in [2.24, 2.45) is 50.7 Å². The lowest BCUT2D eigenvalue weighted by atomic mass is 9.42. The minimum atomic E-state index is 0.581. The van der Waals surface area contributed by atoms with Crippen LogP contribution in [-0.2, 0) is 0 Å². The molecule has 0 aliphatic heterocycles. The first kappa shape index (κ1) is 16.2. The second kappa shape index (κ2) is 4.28. The molecule has 0 saturated heterocycles. The molecule has 24 heavy (non-hydrogen) atoms. The molecule has 8 atom stereocenters. The summed E-state index contributed by atoms with van der Waals surface area (Å²) < 4.78 is 0. The SMILES string of the molecule is CC1CCC23CC24CCC2(C)C(C)CCC2(C)C4CCC3C1(C)C. The van der Waals surface area contributed by atoms with Crippen LogP contribution in [0.4, 0.5) is 0 Å². The Hall–Kier alpha value is 0. The molecule has 0 aromatic heterocycles. The van der Waals surface area contributed by atoms with Crippen LogP contribution in [-0.4, -0.2) is 0 Å². The fourth-order valence-electron chi connectivity index (χ4n) is 9.84. The van der Waals surface area contributed by atoms with Crippen LogP contribution in [0.25, 0.3) is 0 Å². The normalized spacial score (nSPS) is 63.8. The smallest absolute Gasteiger partial charge is 0.0198 e. The molecule has 5 fully saturated rings. The third kappa shape index (κ3) is 1.44. The molecule has 0 bridgehead atoms. The lowest BCUT2D eigenvalue weighted by Gasteiger charge is -2.63. The van der Waals surface area contributed by atoms with Crippen molar-refractivity contribution < 1.29 is 0 Å². The highest BCUT2D eigenvalue weighted by molar-refractivity contribution is 5.30. The van der Waals surface area contributed by atoms with Gasteiger partial charge in [-0.05, 0) is 109 Å². The molecule has 5 rings (SSSR count). The molecule has 0 N–H and O–H groups in total. The number of fused-ring (bicyclic) bond motifs is 2. The molecule has 0 heterocycles. The molecule has 5 saturated carbocycles. The molecule has 2 spiro atoms. The van der Waals surface area contributed by atoms with E-state index < -0.39 is 0 Å². The van der Waals surface area contributed by atoms with Gasteiger partial charge in [-0.1, -0.05) is 41.5 Å². The van der Waals surface area contributed by atoms with Crippen LogP contribution in [0.5, 0.6) is 0 Å². The first-order valence-electron chi connectivity index (χ1n) is 11.1. The maximum Gasteiger partial charge on any atom is -0.0198 e. The van der Waals surface area contributed by atoms with E-state index in [1.54, 1.807) is 32.1 Å². The van der Waals surface area contributed by atoms with E-state index in [9.17, 15) is 0 Å². The first-order valence-corrected chi connectivity index (χ1v) is 11.1. The summed E-state index contributed by atoms with van der Waals surface area (Å²) in [6, 6.07) is 0. The Labute approximate surface area is 150 Å². The van der Waals surface area contributed by atoms with Crippen LogP contribution < -0.4 is 0 Å². The van der Waals surface area contributed by atoms with E-state index in [0.29, 0.717) is 16.2 Å². The van der Waals surface area contributed by atoms with Gasteiger partial charge in [0.1, 0.15) is 0 Å². The maximum atomic E-state index is 2.74. The molecule has 0 aromatic carbocycles. The van der Waals surface area contributed by atoms with Gasteiger partial charge in [-0.15, -0.1) is 0 Å². The van der Waals surface area contributed by atoms with E-state index in [4.69, 9.17) is 0 Å². The van der Waals surface area contributed by atoms with Crippen LogP contribution in [0, 0.1) is 50.7 Å². The van der Waals surface area contributed by atoms with E-state index >= 15 is 0 Å². The van der Waals surface area contributed by atoms with Gasteiger partial charge in [0.05, 0.1) is 0 Å². The van der Waals surface area contributed by atoms with Gasteiger partial charge in [0, 0.05) is 0 Å². The topological polar surface area (TPSA) is 0 Å². The van der Waals surface area contributed by atoms with Gasteiger partial charge in [-0.25, -0.2) is 0 Å². The van der Waals surface area contributed by atoms with Gasteiger partial charge in [-0.3, -0.25) is 0 Å². The van der Waals surface area contributed by atoms with E-state index in [2.05, 4.69) is 41.5 Å². The van der Waals surface area contributed by atoms with E-state index in [0.717, 1.165) is 34.5 Å². The molecular weight excluding hydrogens is 288 g/mol. The summed E-state index contributed by atoms with van der Waals surface area (Å²) in [5, 5.41) is 0. The van der Waals surface area contributed by atoms with Crippen molar-refractivity contribution in [3.05, 3.63) is 0 Å². The molecule has 0 nitrogen and oxygen atoms in total. The van der Waals surface area contributed by atoms with Crippen molar-refractivity contribution in [3.8, 4) is 0 Å². The molecule has 0 aromatic rings. The standard InChI is InChI=1S/C24H40/c1-16-10-12-23-15-24(23)14-13-21(5)17(2)9-11-22(21,6)19(24)8-7-18(23)20(16,3)4/h16-19H,7-15H2,1-6H3. The molecule has 5 aliphatic rings. The number of rotatable bonds is 0. The van der Waals surface area contributed by atoms with Crippen molar-refractivity contribution in [2.75, 3.05) is 0 Å². The van der Waals surface area contributed by atoms with Crippen molar-refractivity contribution in [1.29, 1.82) is 0 Å². The van der Waals surface area contributed by atoms with Crippen LogP contribution in [0.3, 0.4) is 0 Å². The highest BCUT2D eigenvalue weighted by Crippen LogP contribution is 2.89. The zero-order chi connectivity index (χ0) is 17.2. The third-order valence-electron chi connectivity index (χ3n) is 12.1. The summed E-state index contributed by atoms with van der Waals surface area (Å²) >= 11 is 0. The van der Waals surface area contributed by atoms with Gasteiger partial charge < -0.3 is 0 Å². The molecule has 0 heteroatoms. The average molecular weight is 329 g/mol. The van der Waals surface area contributed by atoms with Gasteiger partial charge in [-0.2, -0.15) is 0 Å². The van der Waals surface area contributed by atoms with Gasteiger partial charge in [0.25, 0.3) is 0 Å². The minimum Gasteiger partial charge on any atom is -0.0620 e. The minimum absolute atomic E-state index is 0.581. The Morgan fingerprint density at radius 1 is 0.583 bits per heavy atom. The highest BCUT2D eigenvalue weighted by Gasteiger charge is 2.81.